The quantitative estimate of drug-likeness (QED) is 0.383. The molecular formula is C24H22F3NO5. The van der Waals surface area contributed by atoms with Crippen LogP contribution in [0.15, 0.2) is 42.0 Å². The third-order valence-electron chi connectivity index (χ3n) is 6.11. The van der Waals surface area contributed by atoms with Crippen molar-refractivity contribution in [1.29, 1.82) is 0 Å². The molecule has 2 saturated carbocycles. The van der Waals surface area contributed by atoms with Gasteiger partial charge in [-0.3, -0.25) is 9.59 Å². The summed E-state index contributed by atoms with van der Waals surface area (Å²) in [4.78, 5) is 29.1. The maximum atomic E-state index is 13.3. The van der Waals surface area contributed by atoms with Crippen LogP contribution in [0, 0.1) is 11.8 Å². The second kappa shape index (κ2) is 8.97. The molecule has 4 rings (SSSR count). The van der Waals surface area contributed by atoms with Crippen molar-refractivity contribution in [1.82, 2.24) is 4.98 Å². The van der Waals surface area contributed by atoms with Crippen molar-refractivity contribution in [2.24, 2.45) is 11.8 Å². The predicted molar refractivity (Wildman–Crippen MR) is 111 cm³/mol. The number of benzene rings is 1. The van der Waals surface area contributed by atoms with E-state index in [1.54, 1.807) is 24.3 Å². The van der Waals surface area contributed by atoms with Gasteiger partial charge in [0.25, 0.3) is 0 Å². The lowest BCUT2D eigenvalue weighted by Gasteiger charge is -2.21. The third-order valence-corrected chi connectivity index (χ3v) is 6.11. The van der Waals surface area contributed by atoms with Gasteiger partial charge in [0.15, 0.2) is 11.6 Å². The third kappa shape index (κ3) is 4.50. The van der Waals surface area contributed by atoms with Gasteiger partial charge in [-0.1, -0.05) is 18.2 Å². The van der Waals surface area contributed by atoms with Crippen LogP contribution in [-0.2, 0) is 33.7 Å². The lowest BCUT2D eigenvalue weighted by molar-refractivity contribution is -0.141. The van der Waals surface area contributed by atoms with Gasteiger partial charge in [0.1, 0.15) is 22.8 Å². The average Bonchev–Trinajstić information content (AvgIpc) is 3.25. The Morgan fingerprint density at radius 3 is 2.36 bits per heavy atom. The van der Waals surface area contributed by atoms with Gasteiger partial charge in [-0.2, -0.15) is 13.2 Å². The molecular weight excluding hydrogens is 439 g/mol. The standard InChI is InChI=1S/C24H22F3NO5/c1-32-18-5-3-2-4-15(18)11-33-12-17-16(8-9-19(28-17)24(25,26)27)23(31)20-21(29)13-6-7-14(10-13)22(20)30/h2-5,8-9,13-14,31H,6-7,10-12H2,1H3. The summed E-state index contributed by atoms with van der Waals surface area (Å²) >= 11 is 0. The second-order valence-corrected chi connectivity index (χ2v) is 8.15. The number of methoxy groups -OCH3 is 1. The first kappa shape index (κ1) is 23.0. The number of hydrogen-bond donors (Lipinski definition) is 1. The van der Waals surface area contributed by atoms with Gasteiger partial charge in [-0.15, -0.1) is 0 Å². The molecule has 2 unspecified atom stereocenters. The maximum absolute atomic E-state index is 13.3. The average molecular weight is 461 g/mol. The predicted octanol–water partition coefficient (Wildman–Crippen LogP) is 4.66. The summed E-state index contributed by atoms with van der Waals surface area (Å²) in [6.07, 6.45) is -3.14. The smallest absolute Gasteiger partial charge is 0.433 e. The summed E-state index contributed by atoms with van der Waals surface area (Å²) in [6, 6.07) is 8.73. The minimum absolute atomic E-state index is 0.0146. The minimum atomic E-state index is -4.71. The number of para-hydroxylation sites is 1. The number of aromatic nitrogens is 1. The van der Waals surface area contributed by atoms with E-state index in [0.29, 0.717) is 36.6 Å². The number of Topliss-reactive ketones (excluding diaryl/α,β-unsaturated/α-hetero) is 2. The van der Waals surface area contributed by atoms with Gasteiger partial charge in [-0.25, -0.2) is 4.98 Å². The number of aliphatic hydroxyl groups excluding tert-OH is 1. The number of ketones is 2. The topological polar surface area (TPSA) is 85.7 Å². The molecule has 2 fully saturated rings. The van der Waals surface area contributed by atoms with Crippen LogP contribution in [0.25, 0.3) is 5.76 Å². The molecule has 2 bridgehead atoms. The summed E-state index contributed by atoms with van der Waals surface area (Å²) in [7, 11) is 1.49. The molecule has 0 amide bonds. The van der Waals surface area contributed by atoms with Crippen molar-refractivity contribution in [2.45, 2.75) is 38.7 Å². The van der Waals surface area contributed by atoms with Gasteiger partial charge in [0.05, 0.1) is 26.0 Å². The van der Waals surface area contributed by atoms with E-state index in [2.05, 4.69) is 4.98 Å². The van der Waals surface area contributed by atoms with Crippen molar-refractivity contribution >= 4 is 17.3 Å². The number of allylic oxidation sites excluding steroid dienone is 1. The molecule has 1 aromatic heterocycles. The number of aliphatic hydroxyl groups is 1. The van der Waals surface area contributed by atoms with E-state index in [1.165, 1.54) is 7.11 Å². The molecule has 0 radical (unpaired) electrons. The first-order valence-corrected chi connectivity index (χ1v) is 10.5. The van der Waals surface area contributed by atoms with Crippen LogP contribution < -0.4 is 4.74 Å². The Balaban J connectivity index is 1.68. The first-order valence-electron chi connectivity index (χ1n) is 10.5. The van der Waals surface area contributed by atoms with Crippen LogP contribution in [0.4, 0.5) is 13.2 Å². The number of nitrogens with zero attached hydrogens (tertiary/aromatic N) is 1. The molecule has 0 aliphatic heterocycles. The van der Waals surface area contributed by atoms with Crippen molar-refractivity contribution < 1.29 is 37.3 Å². The summed E-state index contributed by atoms with van der Waals surface area (Å²) in [5.41, 5.74) is -1.18. The molecule has 2 atom stereocenters. The lowest BCUT2D eigenvalue weighted by Crippen LogP contribution is -2.30. The molecule has 1 aromatic carbocycles. The molecule has 9 heteroatoms. The zero-order chi connectivity index (χ0) is 23.8. The largest absolute Gasteiger partial charge is 0.506 e. The van der Waals surface area contributed by atoms with Crippen LogP contribution in [0.3, 0.4) is 0 Å². The van der Waals surface area contributed by atoms with Crippen LogP contribution in [0.2, 0.25) is 0 Å². The molecule has 33 heavy (non-hydrogen) atoms. The normalized spacial score (nSPS) is 20.3. The number of pyridine rings is 1. The Morgan fingerprint density at radius 1 is 1.06 bits per heavy atom. The van der Waals surface area contributed by atoms with E-state index in [4.69, 9.17) is 9.47 Å². The molecule has 2 aromatic rings. The number of hydrogen-bond acceptors (Lipinski definition) is 6. The minimum Gasteiger partial charge on any atom is -0.506 e. The van der Waals surface area contributed by atoms with Gasteiger partial charge in [0.2, 0.25) is 0 Å². The SMILES string of the molecule is COc1ccccc1COCc1nc(C(F)(F)F)ccc1C(O)=C1C(=O)C2CCC(C2)C1=O. The van der Waals surface area contributed by atoms with E-state index in [1.807, 2.05) is 0 Å². The van der Waals surface area contributed by atoms with Crippen molar-refractivity contribution in [3.63, 3.8) is 0 Å². The van der Waals surface area contributed by atoms with Crippen LogP contribution in [0.1, 0.15) is 41.8 Å². The number of carbonyl (C=O) groups excluding carboxylic acids is 2. The number of fused-ring (bicyclic) bond motifs is 2. The highest BCUT2D eigenvalue weighted by Gasteiger charge is 2.45. The van der Waals surface area contributed by atoms with E-state index in [0.717, 1.165) is 6.07 Å². The fourth-order valence-corrected chi connectivity index (χ4v) is 4.42. The Hall–Kier alpha value is -3.20. The molecule has 1 N–H and O–H groups in total. The number of ether oxygens (including phenoxy) is 2. The Labute approximate surface area is 188 Å². The molecule has 2 aliphatic carbocycles. The highest BCUT2D eigenvalue weighted by molar-refractivity contribution is 6.27. The number of rotatable bonds is 6. The first-order chi connectivity index (χ1) is 15.7. The Kier molecular flexibility index (Phi) is 6.25. The van der Waals surface area contributed by atoms with E-state index in [9.17, 15) is 27.9 Å². The highest BCUT2D eigenvalue weighted by Crippen LogP contribution is 2.42. The molecule has 1 heterocycles. The molecule has 0 spiro atoms. The van der Waals surface area contributed by atoms with Gasteiger partial charge in [0, 0.05) is 23.0 Å². The molecule has 0 saturated heterocycles. The van der Waals surface area contributed by atoms with Gasteiger partial charge < -0.3 is 14.6 Å². The number of halogens is 3. The van der Waals surface area contributed by atoms with Crippen molar-refractivity contribution in [3.05, 3.63) is 64.5 Å². The van der Waals surface area contributed by atoms with Gasteiger partial charge in [-0.05, 0) is 37.5 Å². The van der Waals surface area contributed by atoms with Gasteiger partial charge >= 0.3 is 6.18 Å². The zero-order valence-electron chi connectivity index (χ0n) is 17.8. The fraction of sp³-hybridized carbons (Fsp3) is 0.375. The van der Waals surface area contributed by atoms with Crippen molar-refractivity contribution in [2.75, 3.05) is 7.11 Å². The Morgan fingerprint density at radius 2 is 1.73 bits per heavy atom. The number of carbonyl (C=O) groups is 2. The van der Waals surface area contributed by atoms with Crippen LogP contribution in [-0.4, -0.2) is 28.8 Å². The zero-order valence-corrected chi connectivity index (χ0v) is 17.8. The van der Waals surface area contributed by atoms with Crippen molar-refractivity contribution in [3.8, 4) is 5.75 Å². The number of alkyl halides is 3. The molecule has 2 aliphatic rings. The lowest BCUT2D eigenvalue weighted by atomic mass is 9.81. The van der Waals surface area contributed by atoms with E-state index >= 15 is 0 Å². The van der Waals surface area contributed by atoms with Crippen LogP contribution in [0.5, 0.6) is 5.75 Å². The van der Waals surface area contributed by atoms with E-state index < -0.39 is 29.2 Å². The Bertz CT molecular complexity index is 1100. The summed E-state index contributed by atoms with van der Waals surface area (Å²) in [5, 5.41) is 10.9. The molecule has 174 valence electrons. The van der Waals surface area contributed by atoms with Crippen LogP contribution >= 0.6 is 0 Å². The summed E-state index contributed by atoms with van der Waals surface area (Å²) < 4.78 is 50.6. The maximum Gasteiger partial charge on any atom is 0.433 e. The monoisotopic (exact) mass is 461 g/mol. The second-order valence-electron chi connectivity index (χ2n) is 8.15. The highest BCUT2D eigenvalue weighted by atomic mass is 19.4. The van der Waals surface area contributed by atoms with E-state index in [-0.39, 0.29) is 41.9 Å². The molecule has 6 nitrogen and oxygen atoms in total. The fourth-order valence-electron chi connectivity index (χ4n) is 4.42. The summed E-state index contributed by atoms with van der Waals surface area (Å²) in [6.45, 7) is -0.370. The summed E-state index contributed by atoms with van der Waals surface area (Å²) in [5.74, 6) is -1.72.